The number of fused-ring (bicyclic) bond motifs is 1. The molecule has 186 valence electrons. The van der Waals surface area contributed by atoms with Crippen LogP contribution in [0.5, 0.6) is 5.75 Å². The van der Waals surface area contributed by atoms with Crippen molar-refractivity contribution in [3.05, 3.63) is 71.3 Å². The van der Waals surface area contributed by atoms with Crippen LogP contribution in [0.3, 0.4) is 0 Å². The largest absolute Gasteiger partial charge is 0.496 e. The molecule has 1 unspecified atom stereocenters. The van der Waals surface area contributed by atoms with E-state index in [0.717, 1.165) is 36.0 Å². The van der Waals surface area contributed by atoms with E-state index in [9.17, 15) is 15.0 Å². The Bertz CT molecular complexity index is 1140. The van der Waals surface area contributed by atoms with E-state index in [4.69, 9.17) is 4.74 Å². The molecular weight excluding hydrogens is 440 g/mol. The minimum Gasteiger partial charge on any atom is -0.496 e. The Morgan fingerprint density at radius 3 is 2.57 bits per heavy atom. The van der Waals surface area contributed by atoms with Gasteiger partial charge in [0, 0.05) is 35.9 Å². The van der Waals surface area contributed by atoms with Crippen LogP contribution in [0.2, 0.25) is 0 Å². The molecule has 0 aromatic heterocycles. The summed E-state index contributed by atoms with van der Waals surface area (Å²) in [5.74, 6) is 0.257. The van der Waals surface area contributed by atoms with Gasteiger partial charge in [0.2, 0.25) is 0 Å². The van der Waals surface area contributed by atoms with Crippen LogP contribution < -0.4 is 9.64 Å². The molecule has 35 heavy (non-hydrogen) atoms. The normalized spacial score (nSPS) is 16.4. The molecular formula is C29H36N2O4. The number of hydrogen-bond donors (Lipinski definition) is 2. The zero-order chi connectivity index (χ0) is 24.8. The van der Waals surface area contributed by atoms with Crippen LogP contribution in [0.1, 0.15) is 54.1 Å². The Morgan fingerprint density at radius 1 is 1.06 bits per heavy atom. The van der Waals surface area contributed by atoms with Gasteiger partial charge in [0.25, 0.3) is 5.91 Å². The molecule has 3 aromatic rings. The van der Waals surface area contributed by atoms with Gasteiger partial charge in [0.1, 0.15) is 5.75 Å². The summed E-state index contributed by atoms with van der Waals surface area (Å²) in [6.07, 6.45) is 4.62. The third kappa shape index (κ3) is 5.67. The number of piperidine rings is 1. The highest BCUT2D eigenvalue weighted by atomic mass is 16.5. The average molecular weight is 477 g/mol. The fourth-order valence-electron chi connectivity index (χ4n) is 5.10. The molecule has 0 saturated carbocycles. The van der Waals surface area contributed by atoms with E-state index in [0.29, 0.717) is 35.0 Å². The van der Waals surface area contributed by atoms with Crippen molar-refractivity contribution in [2.45, 2.75) is 51.9 Å². The topological polar surface area (TPSA) is 73.2 Å². The van der Waals surface area contributed by atoms with Crippen molar-refractivity contribution in [2.75, 3.05) is 31.6 Å². The molecule has 1 saturated heterocycles. The van der Waals surface area contributed by atoms with Crippen LogP contribution in [-0.4, -0.2) is 53.8 Å². The van der Waals surface area contributed by atoms with E-state index < -0.39 is 0 Å². The van der Waals surface area contributed by atoms with Crippen molar-refractivity contribution in [1.29, 1.82) is 0 Å². The standard InChI is InChI=1S/C29H36N2O4/c1-21-8-5-6-13-30(21)14-7-15-31(26-12-11-22-9-3-4-10-23(22)17-26)29(34)24-16-25(19-32)27(20-33)28(18-24)35-2/h3-4,9-12,16-18,21,32-33H,5-8,13-15,19-20H2,1-2H3. The minimum absolute atomic E-state index is 0.149. The zero-order valence-electron chi connectivity index (χ0n) is 20.7. The first kappa shape index (κ1) is 25.2. The maximum atomic E-state index is 13.9. The predicted octanol–water partition coefficient (Wildman–Crippen LogP) is 4.74. The maximum Gasteiger partial charge on any atom is 0.258 e. The van der Waals surface area contributed by atoms with Gasteiger partial charge in [0.05, 0.1) is 20.3 Å². The molecule has 1 atom stereocenters. The summed E-state index contributed by atoms with van der Waals surface area (Å²) in [5.41, 5.74) is 2.28. The number of methoxy groups -OCH3 is 1. The van der Waals surface area contributed by atoms with Crippen LogP contribution >= 0.6 is 0 Å². The van der Waals surface area contributed by atoms with Gasteiger partial charge in [-0.05, 0) is 73.3 Å². The van der Waals surface area contributed by atoms with Crippen LogP contribution in [0.15, 0.2) is 54.6 Å². The van der Waals surface area contributed by atoms with E-state index in [1.54, 1.807) is 12.1 Å². The number of anilines is 1. The number of ether oxygens (including phenoxy) is 1. The Kier molecular flexibility index (Phi) is 8.39. The fourth-order valence-corrected chi connectivity index (χ4v) is 5.10. The summed E-state index contributed by atoms with van der Waals surface area (Å²) in [4.78, 5) is 18.2. The molecule has 0 radical (unpaired) electrons. The highest BCUT2D eigenvalue weighted by Gasteiger charge is 2.23. The van der Waals surface area contributed by atoms with Crippen LogP contribution in [0, 0.1) is 0 Å². The quantitative estimate of drug-likeness (QED) is 0.467. The predicted molar refractivity (Wildman–Crippen MR) is 140 cm³/mol. The molecule has 1 fully saturated rings. The number of rotatable bonds is 9. The van der Waals surface area contributed by atoms with Gasteiger partial charge in [-0.2, -0.15) is 0 Å². The van der Waals surface area contributed by atoms with E-state index >= 15 is 0 Å². The highest BCUT2D eigenvalue weighted by molar-refractivity contribution is 6.07. The van der Waals surface area contributed by atoms with E-state index in [1.165, 1.54) is 26.4 Å². The number of benzene rings is 3. The summed E-state index contributed by atoms with van der Waals surface area (Å²) in [7, 11) is 1.50. The third-order valence-corrected chi connectivity index (χ3v) is 7.15. The molecule has 6 nitrogen and oxygen atoms in total. The van der Waals surface area contributed by atoms with Crippen molar-refractivity contribution in [1.82, 2.24) is 4.90 Å². The number of carbonyl (C=O) groups is 1. The lowest BCUT2D eigenvalue weighted by atomic mass is 10.0. The van der Waals surface area contributed by atoms with Crippen molar-refractivity contribution >= 4 is 22.4 Å². The molecule has 0 bridgehead atoms. The van der Waals surface area contributed by atoms with E-state index in [2.05, 4.69) is 30.0 Å². The summed E-state index contributed by atoms with van der Waals surface area (Å²) in [6, 6.07) is 18.1. The molecule has 1 aliphatic rings. The first-order valence-electron chi connectivity index (χ1n) is 12.5. The molecule has 2 N–H and O–H groups in total. The number of amides is 1. The molecule has 6 heteroatoms. The van der Waals surface area contributed by atoms with Crippen LogP contribution in [-0.2, 0) is 13.2 Å². The molecule has 1 aliphatic heterocycles. The Labute approximate surface area is 207 Å². The van der Waals surface area contributed by atoms with Crippen molar-refractivity contribution in [3.63, 3.8) is 0 Å². The van der Waals surface area contributed by atoms with Gasteiger partial charge in [-0.1, -0.05) is 36.8 Å². The minimum atomic E-state index is -0.282. The van der Waals surface area contributed by atoms with Crippen molar-refractivity contribution < 1.29 is 19.7 Å². The molecule has 1 amide bonds. The second-order valence-corrected chi connectivity index (χ2v) is 9.35. The molecule has 3 aromatic carbocycles. The molecule has 0 spiro atoms. The smallest absolute Gasteiger partial charge is 0.258 e. The van der Waals surface area contributed by atoms with Crippen LogP contribution in [0.4, 0.5) is 5.69 Å². The first-order valence-corrected chi connectivity index (χ1v) is 12.5. The number of carbonyl (C=O) groups excluding carboxylic acids is 1. The number of aliphatic hydroxyl groups excluding tert-OH is 2. The average Bonchev–Trinajstić information content (AvgIpc) is 2.90. The van der Waals surface area contributed by atoms with E-state index in [-0.39, 0.29) is 19.1 Å². The number of likely N-dealkylation sites (tertiary alicyclic amines) is 1. The van der Waals surface area contributed by atoms with Gasteiger partial charge in [-0.3, -0.25) is 4.79 Å². The van der Waals surface area contributed by atoms with Gasteiger partial charge >= 0.3 is 0 Å². The number of hydrogen-bond acceptors (Lipinski definition) is 5. The summed E-state index contributed by atoms with van der Waals surface area (Å²) >= 11 is 0. The summed E-state index contributed by atoms with van der Waals surface area (Å²) < 4.78 is 5.44. The number of aliphatic hydroxyl groups is 2. The van der Waals surface area contributed by atoms with Gasteiger partial charge in [-0.25, -0.2) is 0 Å². The third-order valence-electron chi connectivity index (χ3n) is 7.15. The van der Waals surface area contributed by atoms with Crippen molar-refractivity contribution in [2.24, 2.45) is 0 Å². The molecule has 4 rings (SSSR count). The summed E-state index contributed by atoms with van der Waals surface area (Å²) in [6.45, 7) is 4.39. The van der Waals surface area contributed by atoms with Gasteiger partial charge in [-0.15, -0.1) is 0 Å². The Hall–Kier alpha value is -2.93. The lowest BCUT2D eigenvalue weighted by molar-refractivity contribution is 0.0983. The Morgan fingerprint density at radius 2 is 1.86 bits per heavy atom. The zero-order valence-corrected chi connectivity index (χ0v) is 20.7. The van der Waals surface area contributed by atoms with Gasteiger partial charge in [0.15, 0.2) is 0 Å². The summed E-state index contributed by atoms with van der Waals surface area (Å²) in [5, 5.41) is 21.8. The second-order valence-electron chi connectivity index (χ2n) is 9.35. The van der Waals surface area contributed by atoms with Crippen molar-refractivity contribution in [3.8, 4) is 5.75 Å². The second kappa shape index (κ2) is 11.7. The fraction of sp³-hybridized carbons (Fsp3) is 0.414. The Balaban J connectivity index is 1.65. The maximum absolute atomic E-state index is 13.9. The monoisotopic (exact) mass is 476 g/mol. The lowest BCUT2D eigenvalue weighted by Crippen LogP contribution is -2.40. The first-order chi connectivity index (χ1) is 17.0. The highest BCUT2D eigenvalue weighted by Crippen LogP contribution is 2.29. The molecule has 0 aliphatic carbocycles. The lowest BCUT2D eigenvalue weighted by Gasteiger charge is -2.34. The SMILES string of the molecule is COc1cc(C(=O)N(CCCN2CCCCC2C)c2ccc3ccccc3c2)cc(CO)c1CO. The van der Waals surface area contributed by atoms with Gasteiger partial charge < -0.3 is 24.7 Å². The van der Waals surface area contributed by atoms with E-state index in [1.807, 2.05) is 29.2 Å². The number of nitrogens with zero attached hydrogens (tertiary/aromatic N) is 2. The molecule has 1 heterocycles. The van der Waals surface area contributed by atoms with Crippen LogP contribution in [0.25, 0.3) is 10.8 Å².